The Hall–Kier alpha value is -2.27. The highest BCUT2D eigenvalue weighted by molar-refractivity contribution is 5.47. The molecule has 2 N–H and O–H groups in total. The van der Waals surface area contributed by atoms with Gasteiger partial charge in [0.15, 0.2) is 11.5 Å². The first-order chi connectivity index (χ1) is 9.74. The highest BCUT2D eigenvalue weighted by Gasteiger charge is 2.13. The Morgan fingerprint density at radius 1 is 1.10 bits per heavy atom. The molecule has 0 spiro atoms. The number of benzene rings is 2. The third-order valence-electron chi connectivity index (χ3n) is 3.11. The average molecular weight is 275 g/mol. The van der Waals surface area contributed by atoms with Gasteiger partial charge in [-0.2, -0.15) is 0 Å². The molecule has 104 valence electrons. The molecule has 0 aromatic heterocycles. The van der Waals surface area contributed by atoms with E-state index in [1.165, 1.54) is 6.07 Å². The molecule has 0 saturated heterocycles. The summed E-state index contributed by atoms with van der Waals surface area (Å²) in [5, 5.41) is 0. The van der Waals surface area contributed by atoms with E-state index in [9.17, 15) is 4.39 Å². The molecular formula is C15H14FNO3. The first-order valence-electron chi connectivity index (χ1n) is 6.23. The van der Waals surface area contributed by atoms with E-state index in [1.807, 2.05) is 18.2 Å². The second kappa shape index (κ2) is 5.38. The maximum absolute atomic E-state index is 13.6. The first kappa shape index (κ1) is 12.7. The number of anilines is 1. The minimum atomic E-state index is -0.351. The summed E-state index contributed by atoms with van der Waals surface area (Å²) >= 11 is 0. The highest BCUT2D eigenvalue weighted by Crippen LogP contribution is 2.32. The largest absolute Gasteiger partial charge is 0.454 e. The summed E-state index contributed by atoms with van der Waals surface area (Å²) in [5.74, 6) is 1.08. The second-order valence-corrected chi connectivity index (χ2v) is 4.49. The van der Waals surface area contributed by atoms with E-state index < -0.39 is 0 Å². The zero-order chi connectivity index (χ0) is 13.9. The number of ether oxygens (including phenoxy) is 3. The lowest BCUT2D eigenvalue weighted by molar-refractivity contribution is 0.105. The normalized spacial score (nSPS) is 12.7. The topological polar surface area (TPSA) is 53.7 Å². The fourth-order valence-corrected chi connectivity index (χ4v) is 2.03. The fraction of sp³-hybridized carbons (Fsp3) is 0.200. The molecule has 1 aliphatic rings. The molecule has 0 amide bonds. The van der Waals surface area contributed by atoms with Gasteiger partial charge < -0.3 is 19.9 Å². The summed E-state index contributed by atoms with van der Waals surface area (Å²) < 4.78 is 29.6. The molecule has 1 aliphatic heterocycles. The van der Waals surface area contributed by atoms with Crippen molar-refractivity contribution in [2.45, 2.75) is 13.2 Å². The quantitative estimate of drug-likeness (QED) is 0.872. The van der Waals surface area contributed by atoms with Crippen LogP contribution in [-0.2, 0) is 18.0 Å². The van der Waals surface area contributed by atoms with Gasteiger partial charge in [-0.15, -0.1) is 0 Å². The van der Waals surface area contributed by atoms with Crippen molar-refractivity contribution in [1.82, 2.24) is 0 Å². The Balaban J connectivity index is 1.63. The van der Waals surface area contributed by atoms with Gasteiger partial charge in [-0.25, -0.2) is 4.39 Å². The van der Waals surface area contributed by atoms with Crippen LogP contribution in [0.3, 0.4) is 0 Å². The summed E-state index contributed by atoms with van der Waals surface area (Å²) in [6.07, 6.45) is 0. The van der Waals surface area contributed by atoms with Crippen LogP contribution in [0.15, 0.2) is 36.4 Å². The van der Waals surface area contributed by atoms with Crippen LogP contribution in [-0.4, -0.2) is 6.79 Å². The van der Waals surface area contributed by atoms with Crippen LogP contribution in [0.1, 0.15) is 11.1 Å². The molecule has 4 nitrogen and oxygen atoms in total. The number of hydrogen-bond acceptors (Lipinski definition) is 4. The van der Waals surface area contributed by atoms with Gasteiger partial charge in [0.05, 0.1) is 13.2 Å². The van der Waals surface area contributed by atoms with Crippen molar-refractivity contribution >= 4 is 5.69 Å². The lowest BCUT2D eigenvalue weighted by Gasteiger charge is -2.08. The lowest BCUT2D eigenvalue weighted by Crippen LogP contribution is -2.01. The smallest absolute Gasteiger partial charge is 0.231 e. The van der Waals surface area contributed by atoms with Gasteiger partial charge in [0, 0.05) is 11.3 Å². The molecule has 20 heavy (non-hydrogen) atoms. The monoisotopic (exact) mass is 275 g/mol. The van der Waals surface area contributed by atoms with Crippen LogP contribution < -0.4 is 15.2 Å². The molecule has 2 aromatic rings. The summed E-state index contributed by atoms with van der Waals surface area (Å²) in [5.41, 5.74) is 7.43. The van der Waals surface area contributed by atoms with E-state index in [0.29, 0.717) is 23.6 Å². The molecule has 0 atom stereocenters. The maximum Gasteiger partial charge on any atom is 0.231 e. The summed E-state index contributed by atoms with van der Waals surface area (Å²) in [6.45, 7) is 0.725. The SMILES string of the molecule is Nc1cccc(F)c1COCc1ccc2c(c1)OCO2. The van der Waals surface area contributed by atoms with E-state index in [0.717, 1.165) is 11.3 Å². The van der Waals surface area contributed by atoms with Gasteiger partial charge in [-0.3, -0.25) is 0 Å². The molecular weight excluding hydrogens is 261 g/mol. The van der Waals surface area contributed by atoms with Crippen molar-refractivity contribution in [1.29, 1.82) is 0 Å². The van der Waals surface area contributed by atoms with E-state index >= 15 is 0 Å². The van der Waals surface area contributed by atoms with Gasteiger partial charge >= 0.3 is 0 Å². The van der Waals surface area contributed by atoms with E-state index in [2.05, 4.69) is 0 Å². The predicted octanol–water partition coefficient (Wildman–Crippen LogP) is 2.85. The number of rotatable bonds is 4. The Bertz CT molecular complexity index is 610. The lowest BCUT2D eigenvalue weighted by atomic mass is 10.2. The zero-order valence-electron chi connectivity index (χ0n) is 10.8. The van der Waals surface area contributed by atoms with Gasteiger partial charge in [0.1, 0.15) is 5.82 Å². The number of fused-ring (bicyclic) bond motifs is 1. The molecule has 0 bridgehead atoms. The van der Waals surface area contributed by atoms with Crippen LogP contribution in [0, 0.1) is 5.82 Å². The van der Waals surface area contributed by atoms with E-state index in [-0.39, 0.29) is 19.2 Å². The number of halogens is 1. The van der Waals surface area contributed by atoms with Gasteiger partial charge in [-0.05, 0) is 29.8 Å². The minimum absolute atomic E-state index is 0.132. The van der Waals surface area contributed by atoms with Gasteiger partial charge in [0.2, 0.25) is 6.79 Å². The first-order valence-corrected chi connectivity index (χ1v) is 6.23. The van der Waals surface area contributed by atoms with Crippen LogP contribution in [0.5, 0.6) is 11.5 Å². The third kappa shape index (κ3) is 2.53. The maximum atomic E-state index is 13.6. The summed E-state index contributed by atoms with van der Waals surface area (Å²) in [6, 6.07) is 10.2. The molecule has 0 aliphatic carbocycles. The Kier molecular flexibility index (Phi) is 3.43. The van der Waals surface area contributed by atoms with Crippen molar-refractivity contribution < 1.29 is 18.6 Å². The molecule has 5 heteroatoms. The Labute approximate surface area is 115 Å². The van der Waals surface area contributed by atoms with Crippen molar-refractivity contribution in [2.75, 3.05) is 12.5 Å². The Morgan fingerprint density at radius 2 is 1.95 bits per heavy atom. The number of nitrogen functional groups attached to an aromatic ring is 1. The molecule has 0 radical (unpaired) electrons. The average Bonchev–Trinajstić information content (AvgIpc) is 2.89. The summed E-state index contributed by atoms with van der Waals surface area (Å²) in [4.78, 5) is 0. The third-order valence-corrected chi connectivity index (χ3v) is 3.11. The molecule has 0 fully saturated rings. The standard InChI is InChI=1S/C15H14FNO3/c16-12-2-1-3-13(17)11(12)8-18-7-10-4-5-14-15(6-10)20-9-19-14/h1-6H,7-9,17H2. The molecule has 2 aromatic carbocycles. The van der Waals surface area contributed by atoms with Crippen molar-refractivity contribution in [3.63, 3.8) is 0 Å². The Morgan fingerprint density at radius 3 is 2.80 bits per heavy atom. The number of nitrogens with two attached hydrogens (primary N) is 1. The van der Waals surface area contributed by atoms with Crippen LogP contribution in [0.2, 0.25) is 0 Å². The van der Waals surface area contributed by atoms with Crippen LogP contribution >= 0.6 is 0 Å². The second-order valence-electron chi connectivity index (χ2n) is 4.49. The van der Waals surface area contributed by atoms with Crippen molar-refractivity contribution in [3.8, 4) is 11.5 Å². The van der Waals surface area contributed by atoms with Crippen LogP contribution in [0.25, 0.3) is 0 Å². The van der Waals surface area contributed by atoms with Crippen molar-refractivity contribution in [3.05, 3.63) is 53.3 Å². The van der Waals surface area contributed by atoms with E-state index in [1.54, 1.807) is 12.1 Å². The molecule has 0 saturated carbocycles. The molecule has 0 unspecified atom stereocenters. The van der Waals surface area contributed by atoms with E-state index in [4.69, 9.17) is 19.9 Å². The summed E-state index contributed by atoms with van der Waals surface area (Å²) in [7, 11) is 0. The molecule has 1 heterocycles. The van der Waals surface area contributed by atoms with Gasteiger partial charge in [-0.1, -0.05) is 12.1 Å². The van der Waals surface area contributed by atoms with Gasteiger partial charge in [0.25, 0.3) is 0 Å². The molecule has 3 rings (SSSR count). The fourth-order valence-electron chi connectivity index (χ4n) is 2.03. The zero-order valence-corrected chi connectivity index (χ0v) is 10.8. The van der Waals surface area contributed by atoms with Crippen LogP contribution in [0.4, 0.5) is 10.1 Å². The minimum Gasteiger partial charge on any atom is -0.454 e. The predicted molar refractivity (Wildman–Crippen MR) is 71.9 cm³/mol. The highest BCUT2D eigenvalue weighted by atomic mass is 19.1. The van der Waals surface area contributed by atoms with Crippen molar-refractivity contribution in [2.24, 2.45) is 0 Å². The number of hydrogen-bond donors (Lipinski definition) is 1.